The van der Waals surface area contributed by atoms with Gasteiger partial charge in [-0.1, -0.05) is 47.7 Å². The molecular formula is C10H17N3S3. The molecule has 1 aromatic heterocycles. The molecule has 0 saturated heterocycles. The van der Waals surface area contributed by atoms with E-state index in [1.165, 1.54) is 25.7 Å². The first-order valence-corrected chi connectivity index (χ1v) is 8.65. The third-order valence-corrected chi connectivity index (χ3v) is 5.71. The van der Waals surface area contributed by atoms with Gasteiger partial charge in [-0.3, -0.25) is 0 Å². The molecule has 0 aromatic carbocycles. The summed E-state index contributed by atoms with van der Waals surface area (Å²) in [5, 5.41) is 11.8. The molecule has 1 fully saturated rings. The first-order chi connectivity index (χ1) is 7.88. The highest BCUT2D eigenvalue weighted by atomic mass is 32.2. The van der Waals surface area contributed by atoms with E-state index in [1.807, 2.05) is 18.0 Å². The van der Waals surface area contributed by atoms with Gasteiger partial charge in [0.2, 0.25) is 0 Å². The van der Waals surface area contributed by atoms with Gasteiger partial charge in [-0.15, -0.1) is 10.2 Å². The normalized spacial score (nSPS) is 17.1. The average Bonchev–Trinajstić information content (AvgIpc) is 2.95. The molecule has 1 heterocycles. The highest BCUT2D eigenvalue weighted by molar-refractivity contribution is 8.02. The predicted octanol–water partition coefficient (Wildman–Crippen LogP) is 2.88. The quantitative estimate of drug-likeness (QED) is 0.638. The van der Waals surface area contributed by atoms with E-state index in [9.17, 15) is 0 Å². The summed E-state index contributed by atoms with van der Waals surface area (Å²) in [7, 11) is 0. The molecule has 0 spiro atoms. The van der Waals surface area contributed by atoms with Crippen molar-refractivity contribution < 1.29 is 0 Å². The van der Waals surface area contributed by atoms with Crippen LogP contribution in [0.2, 0.25) is 0 Å². The molecule has 3 nitrogen and oxygen atoms in total. The minimum absolute atomic E-state index is 0.775. The molecule has 16 heavy (non-hydrogen) atoms. The smallest absolute Gasteiger partial charge is 0.175 e. The minimum atomic E-state index is 0.775. The lowest BCUT2D eigenvalue weighted by atomic mass is 10.2. The Balaban J connectivity index is 1.60. The van der Waals surface area contributed by atoms with Gasteiger partial charge in [0.25, 0.3) is 0 Å². The second kappa shape index (κ2) is 6.83. The number of nitrogens with one attached hydrogen (secondary N) is 1. The van der Waals surface area contributed by atoms with Crippen LogP contribution in [-0.4, -0.2) is 34.8 Å². The van der Waals surface area contributed by atoms with E-state index in [2.05, 4.69) is 15.5 Å². The van der Waals surface area contributed by atoms with Crippen molar-refractivity contribution in [3.63, 3.8) is 0 Å². The Morgan fingerprint density at radius 1 is 1.31 bits per heavy atom. The van der Waals surface area contributed by atoms with E-state index >= 15 is 0 Å². The van der Waals surface area contributed by atoms with Crippen molar-refractivity contribution in [1.29, 1.82) is 0 Å². The number of hydrogen-bond acceptors (Lipinski definition) is 6. The molecule has 0 atom stereocenters. The fourth-order valence-electron chi connectivity index (χ4n) is 1.87. The number of nitrogens with zero attached hydrogens (tertiary/aromatic N) is 2. The van der Waals surface area contributed by atoms with Gasteiger partial charge in [-0.2, -0.15) is 0 Å². The SMILES string of the molecule is CSc1nnc(SCCNC2CCCC2)s1. The van der Waals surface area contributed by atoms with E-state index in [0.29, 0.717) is 0 Å². The van der Waals surface area contributed by atoms with Crippen LogP contribution < -0.4 is 5.32 Å². The summed E-state index contributed by atoms with van der Waals surface area (Å²) < 4.78 is 2.16. The zero-order chi connectivity index (χ0) is 11.2. The van der Waals surface area contributed by atoms with Gasteiger partial charge in [-0.05, 0) is 19.1 Å². The Labute approximate surface area is 109 Å². The van der Waals surface area contributed by atoms with Crippen molar-refractivity contribution in [1.82, 2.24) is 15.5 Å². The van der Waals surface area contributed by atoms with Gasteiger partial charge in [-0.25, -0.2) is 0 Å². The van der Waals surface area contributed by atoms with Crippen LogP contribution in [0.25, 0.3) is 0 Å². The van der Waals surface area contributed by atoms with Gasteiger partial charge in [0.1, 0.15) is 0 Å². The van der Waals surface area contributed by atoms with Crippen LogP contribution in [-0.2, 0) is 0 Å². The van der Waals surface area contributed by atoms with Crippen LogP contribution in [0.5, 0.6) is 0 Å². The molecule has 0 aliphatic heterocycles. The summed E-state index contributed by atoms with van der Waals surface area (Å²) in [6.45, 7) is 1.09. The van der Waals surface area contributed by atoms with Crippen molar-refractivity contribution in [2.24, 2.45) is 0 Å². The first-order valence-electron chi connectivity index (χ1n) is 5.62. The Bertz CT molecular complexity index is 310. The summed E-state index contributed by atoms with van der Waals surface area (Å²) in [6.07, 6.45) is 7.56. The monoisotopic (exact) mass is 275 g/mol. The van der Waals surface area contributed by atoms with E-state index in [4.69, 9.17) is 0 Å². The Morgan fingerprint density at radius 3 is 2.75 bits per heavy atom. The van der Waals surface area contributed by atoms with Gasteiger partial charge < -0.3 is 5.32 Å². The van der Waals surface area contributed by atoms with Gasteiger partial charge in [0.05, 0.1) is 0 Å². The van der Waals surface area contributed by atoms with E-state index < -0.39 is 0 Å². The highest BCUT2D eigenvalue weighted by Gasteiger charge is 2.13. The molecule has 2 rings (SSSR count). The summed E-state index contributed by atoms with van der Waals surface area (Å²) in [5.41, 5.74) is 0. The Morgan fingerprint density at radius 2 is 2.06 bits per heavy atom. The van der Waals surface area contributed by atoms with Crippen molar-refractivity contribution in [2.75, 3.05) is 18.6 Å². The summed E-state index contributed by atoms with van der Waals surface area (Å²) in [5.74, 6) is 1.10. The summed E-state index contributed by atoms with van der Waals surface area (Å²) >= 11 is 5.17. The van der Waals surface area contributed by atoms with E-state index in [1.54, 1.807) is 23.1 Å². The summed E-state index contributed by atoms with van der Waals surface area (Å²) in [4.78, 5) is 0. The molecule has 1 saturated carbocycles. The minimum Gasteiger partial charge on any atom is -0.313 e. The van der Waals surface area contributed by atoms with Crippen LogP contribution in [0.4, 0.5) is 0 Å². The van der Waals surface area contributed by atoms with Crippen LogP contribution in [0.3, 0.4) is 0 Å². The molecule has 90 valence electrons. The van der Waals surface area contributed by atoms with E-state index in [0.717, 1.165) is 27.0 Å². The second-order valence-corrected chi connectivity index (χ2v) is 7.19. The van der Waals surface area contributed by atoms with Crippen LogP contribution in [0.15, 0.2) is 8.68 Å². The highest BCUT2D eigenvalue weighted by Crippen LogP contribution is 2.27. The standard InChI is InChI=1S/C10H17N3S3/c1-14-9-12-13-10(16-9)15-7-6-11-8-4-2-3-5-8/h8,11H,2-7H2,1H3. The molecule has 6 heteroatoms. The number of aromatic nitrogens is 2. The maximum Gasteiger partial charge on any atom is 0.175 e. The molecule has 0 unspecified atom stereocenters. The molecule has 0 radical (unpaired) electrons. The molecule has 1 N–H and O–H groups in total. The van der Waals surface area contributed by atoms with Gasteiger partial charge >= 0.3 is 0 Å². The van der Waals surface area contributed by atoms with Crippen molar-refractivity contribution in [3.05, 3.63) is 0 Å². The number of thioether (sulfide) groups is 2. The average molecular weight is 275 g/mol. The molecule has 0 amide bonds. The lowest BCUT2D eigenvalue weighted by molar-refractivity contribution is 0.545. The maximum absolute atomic E-state index is 4.14. The molecular weight excluding hydrogens is 258 g/mol. The zero-order valence-electron chi connectivity index (χ0n) is 9.44. The maximum atomic E-state index is 4.14. The topological polar surface area (TPSA) is 37.8 Å². The molecule has 1 aromatic rings. The molecule has 1 aliphatic rings. The number of rotatable bonds is 6. The summed E-state index contributed by atoms with van der Waals surface area (Å²) in [6, 6.07) is 0.775. The van der Waals surface area contributed by atoms with Crippen LogP contribution >= 0.6 is 34.9 Å². The predicted molar refractivity (Wildman–Crippen MR) is 72.7 cm³/mol. The lowest BCUT2D eigenvalue weighted by Crippen LogP contribution is -2.27. The van der Waals surface area contributed by atoms with Gasteiger partial charge in [0, 0.05) is 18.3 Å². The lowest BCUT2D eigenvalue weighted by Gasteiger charge is -2.10. The van der Waals surface area contributed by atoms with E-state index in [-0.39, 0.29) is 0 Å². The first kappa shape index (κ1) is 12.7. The van der Waals surface area contributed by atoms with Crippen LogP contribution in [0, 0.1) is 0 Å². The molecule has 1 aliphatic carbocycles. The van der Waals surface area contributed by atoms with Crippen molar-refractivity contribution >= 4 is 34.9 Å². The Hall–Kier alpha value is 0.220. The fraction of sp³-hybridized carbons (Fsp3) is 0.800. The van der Waals surface area contributed by atoms with Gasteiger partial charge in [0.15, 0.2) is 8.68 Å². The third kappa shape index (κ3) is 3.91. The third-order valence-electron chi connectivity index (χ3n) is 2.68. The Kier molecular flexibility index (Phi) is 5.41. The van der Waals surface area contributed by atoms with Crippen LogP contribution in [0.1, 0.15) is 25.7 Å². The zero-order valence-corrected chi connectivity index (χ0v) is 11.9. The fourth-order valence-corrected chi connectivity index (χ4v) is 4.25. The number of hydrogen-bond donors (Lipinski definition) is 1. The molecule has 0 bridgehead atoms. The second-order valence-electron chi connectivity index (χ2n) is 3.82. The largest absolute Gasteiger partial charge is 0.313 e. The van der Waals surface area contributed by atoms with Crippen molar-refractivity contribution in [2.45, 2.75) is 40.4 Å². The van der Waals surface area contributed by atoms with Crippen molar-refractivity contribution in [3.8, 4) is 0 Å².